The topological polar surface area (TPSA) is 64.4 Å². The number of aliphatic imine (C=N–C) groups is 1. The average Bonchev–Trinajstić information content (AvgIpc) is 2.46. The van der Waals surface area contributed by atoms with Crippen molar-refractivity contribution < 1.29 is 0 Å². The quantitative estimate of drug-likeness (QED) is 0.650. The Morgan fingerprint density at radius 1 is 1.05 bits per heavy atom. The van der Waals surface area contributed by atoms with E-state index in [9.17, 15) is 0 Å². The molecule has 19 heavy (non-hydrogen) atoms. The molecule has 0 amide bonds. The van der Waals surface area contributed by atoms with E-state index in [2.05, 4.69) is 17.1 Å². The summed E-state index contributed by atoms with van der Waals surface area (Å²) in [5.74, 6) is 0. The van der Waals surface area contributed by atoms with Crippen molar-refractivity contribution in [3.63, 3.8) is 0 Å². The molecule has 0 spiro atoms. The lowest BCUT2D eigenvalue weighted by molar-refractivity contribution is 1.47. The molecular formula is C16H17N3. The molecule has 0 aliphatic heterocycles. The van der Waals surface area contributed by atoms with Crippen LogP contribution >= 0.6 is 0 Å². The highest BCUT2D eigenvalue weighted by Gasteiger charge is 2.05. The van der Waals surface area contributed by atoms with Gasteiger partial charge in [0, 0.05) is 30.2 Å². The molecule has 0 fully saturated rings. The minimum Gasteiger partial charge on any atom is -0.398 e. The van der Waals surface area contributed by atoms with E-state index in [0.717, 1.165) is 16.7 Å². The number of nitrogen functional groups attached to an aromatic ring is 1. The summed E-state index contributed by atoms with van der Waals surface area (Å²) in [4.78, 5) is 3.89. The number of anilines is 1. The Bertz CT molecular complexity index is 613. The largest absolute Gasteiger partial charge is 0.398 e. The van der Waals surface area contributed by atoms with Crippen molar-refractivity contribution in [2.45, 2.75) is 0 Å². The number of hydrogen-bond acceptors (Lipinski definition) is 3. The Balaban J connectivity index is 2.46. The normalized spacial score (nSPS) is 11.9. The zero-order valence-corrected chi connectivity index (χ0v) is 10.9. The van der Waals surface area contributed by atoms with Crippen LogP contribution in [0.5, 0.6) is 0 Å². The molecule has 0 saturated heterocycles. The lowest BCUT2D eigenvalue weighted by Crippen LogP contribution is -2.01. The van der Waals surface area contributed by atoms with Gasteiger partial charge in [0.25, 0.3) is 0 Å². The molecule has 0 aliphatic carbocycles. The fraction of sp³-hybridized carbons (Fsp3) is 0.0625. The second-order valence-electron chi connectivity index (χ2n) is 4.20. The van der Waals surface area contributed by atoms with Gasteiger partial charge in [-0.2, -0.15) is 0 Å². The van der Waals surface area contributed by atoms with Crippen LogP contribution in [0, 0.1) is 0 Å². The van der Waals surface area contributed by atoms with Crippen LogP contribution in [0.3, 0.4) is 0 Å². The standard InChI is InChI=1S/C16H17N3/c1-19-10-9-16(18)14-11-13(7-8-15(14)17)12-5-3-2-4-6-12/h2-11H,17-18H2,1H3/b16-9-,19-10?. The summed E-state index contributed by atoms with van der Waals surface area (Å²) in [6, 6.07) is 16.0. The van der Waals surface area contributed by atoms with Gasteiger partial charge >= 0.3 is 0 Å². The number of rotatable bonds is 3. The fourth-order valence-electron chi connectivity index (χ4n) is 1.86. The highest BCUT2D eigenvalue weighted by molar-refractivity contribution is 5.87. The average molecular weight is 251 g/mol. The van der Waals surface area contributed by atoms with Crippen LogP contribution in [0.25, 0.3) is 16.8 Å². The van der Waals surface area contributed by atoms with Gasteiger partial charge < -0.3 is 11.5 Å². The number of nitrogens with zero attached hydrogens (tertiary/aromatic N) is 1. The Morgan fingerprint density at radius 3 is 2.47 bits per heavy atom. The summed E-state index contributed by atoms with van der Waals surface area (Å²) < 4.78 is 0. The third kappa shape index (κ3) is 3.01. The Kier molecular flexibility index (Phi) is 3.98. The van der Waals surface area contributed by atoms with Crippen LogP contribution in [0.4, 0.5) is 5.69 Å². The van der Waals surface area contributed by atoms with E-state index in [-0.39, 0.29) is 0 Å². The first-order valence-electron chi connectivity index (χ1n) is 6.05. The van der Waals surface area contributed by atoms with Gasteiger partial charge in [0.05, 0.1) is 0 Å². The summed E-state index contributed by atoms with van der Waals surface area (Å²) >= 11 is 0. The van der Waals surface area contributed by atoms with Crippen LogP contribution in [-0.4, -0.2) is 13.3 Å². The summed E-state index contributed by atoms with van der Waals surface area (Å²) in [5.41, 5.74) is 16.3. The summed E-state index contributed by atoms with van der Waals surface area (Å²) in [6.07, 6.45) is 3.41. The molecule has 0 bridgehead atoms. The van der Waals surface area contributed by atoms with Gasteiger partial charge in [-0.25, -0.2) is 0 Å². The number of nitrogens with two attached hydrogens (primary N) is 2. The Labute approximate surface area is 113 Å². The van der Waals surface area contributed by atoms with Gasteiger partial charge in [-0.15, -0.1) is 0 Å². The maximum absolute atomic E-state index is 6.02. The van der Waals surface area contributed by atoms with Crippen molar-refractivity contribution in [3.8, 4) is 11.1 Å². The molecule has 4 N–H and O–H groups in total. The Morgan fingerprint density at radius 2 is 1.79 bits per heavy atom. The van der Waals surface area contributed by atoms with Gasteiger partial charge in [-0.3, -0.25) is 4.99 Å². The van der Waals surface area contributed by atoms with Gasteiger partial charge in [-0.05, 0) is 29.3 Å². The molecule has 2 rings (SSSR count). The lowest BCUT2D eigenvalue weighted by Gasteiger charge is -2.09. The van der Waals surface area contributed by atoms with Crippen molar-refractivity contribution in [2.24, 2.45) is 10.7 Å². The van der Waals surface area contributed by atoms with Crippen molar-refractivity contribution in [1.29, 1.82) is 0 Å². The molecule has 2 aromatic carbocycles. The predicted molar refractivity (Wildman–Crippen MR) is 82.9 cm³/mol. The van der Waals surface area contributed by atoms with Crippen LogP contribution in [-0.2, 0) is 0 Å². The van der Waals surface area contributed by atoms with Crippen LogP contribution in [0.1, 0.15) is 5.56 Å². The van der Waals surface area contributed by atoms with Gasteiger partial charge in [0.15, 0.2) is 0 Å². The van der Waals surface area contributed by atoms with E-state index in [0.29, 0.717) is 11.4 Å². The maximum atomic E-state index is 6.02. The van der Waals surface area contributed by atoms with Crippen LogP contribution in [0.2, 0.25) is 0 Å². The van der Waals surface area contributed by atoms with Gasteiger partial charge in [0.1, 0.15) is 0 Å². The van der Waals surface area contributed by atoms with Crippen molar-refractivity contribution in [1.82, 2.24) is 0 Å². The Hall–Kier alpha value is -2.55. The molecule has 3 nitrogen and oxygen atoms in total. The summed E-state index contributed by atoms with van der Waals surface area (Å²) in [7, 11) is 1.70. The minimum absolute atomic E-state index is 0.612. The highest BCUT2D eigenvalue weighted by atomic mass is 14.7. The van der Waals surface area contributed by atoms with Crippen molar-refractivity contribution >= 4 is 17.6 Å². The molecule has 0 unspecified atom stereocenters. The lowest BCUT2D eigenvalue weighted by atomic mass is 10.0. The fourth-order valence-corrected chi connectivity index (χ4v) is 1.86. The molecule has 0 saturated carbocycles. The first-order chi connectivity index (χ1) is 9.22. The molecule has 0 aromatic heterocycles. The number of benzene rings is 2. The number of hydrogen-bond donors (Lipinski definition) is 2. The smallest absolute Gasteiger partial charge is 0.0424 e. The van der Waals surface area contributed by atoms with E-state index in [4.69, 9.17) is 11.5 Å². The molecule has 0 atom stereocenters. The molecule has 3 heteroatoms. The SMILES string of the molecule is CN=C/C=C(\N)c1cc(-c2ccccc2)ccc1N. The number of allylic oxidation sites excluding steroid dienone is 1. The molecule has 0 heterocycles. The minimum atomic E-state index is 0.612. The van der Waals surface area contributed by atoms with Crippen molar-refractivity contribution in [2.75, 3.05) is 12.8 Å². The summed E-state index contributed by atoms with van der Waals surface area (Å²) in [6.45, 7) is 0. The van der Waals surface area contributed by atoms with E-state index in [1.165, 1.54) is 0 Å². The van der Waals surface area contributed by atoms with Crippen LogP contribution in [0.15, 0.2) is 59.6 Å². The van der Waals surface area contributed by atoms with E-state index in [1.54, 1.807) is 19.3 Å². The maximum Gasteiger partial charge on any atom is 0.0424 e. The van der Waals surface area contributed by atoms with Gasteiger partial charge in [-0.1, -0.05) is 36.4 Å². The first-order valence-corrected chi connectivity index (χ1v) is 6.05. The van der Waals surface area contributed by atoms with Crippen LogP contribution < -0.4 is 11.5 Å². The van der Waals surface area contributed by atoms with E-state index >= 15 is 0 Å². The second kappa shape index (κ2) is 5.87. The molecule has 2 aromatic rings. The molecular weight excluding hydrogens is 234 g/mol. The zero-order valence-electron chi connectivity index (χ0n) is 10.9. The predicted octanol–water partition coefficient (Wildman–Crippen LogP) is 2.94. The third-order valence-electron chi connectivity index (χ3n) is 2.87. The monoisotopic (exact) mass is 251 g/mol. The highest BCUT2D eigenvalue weighted by Crippen LogP contribution is 2.26. The molecule has 0 radical (unpaired) electrons. The zero-order chi connectivity index (χ0) is 13.7. The summed E-state index contributed by atoms with van der Waals surface area (Å²) in [5, 5.41) is 0. The first kappa shape index (κ1) is 12.9. The van der Waals surface area contributed by atoms with Gasteiger partial charge in [0.2, 0.25) is 0 Å². The molecule has 96 valence electrons. The van der Waals surface area contributed by atoms with E-state index < -0.39 is 0 Å². The second-order valence-corrected chi connectivity index (χ2v) is 4.20. The van der Waals surface area contributed by atoms with Crippen molar-refractivity contribution in [3.05, 3.63) is 60.2 Å². The molecule has 0 aliphatic rings. The van der Waals surface area contributed by atoms with E-state index in [1.807, 2.05) is 36.4 Å². The third-order valence-corrected chi connectivity index (χ3v) is 2.87.